The van der Waals surface area contributed by atoms with Crippen molar-refractivity contribution in [2.24, 2.45) is 0 Å². The lowest BCUT2D eigenvalue weighted by Gasteiger charge is -2.05. The molecule has 2 amide bonds. The number of carbonyl (C=O) groups is 2. The molecule has 5 aromatic rings. The number of benzene rings is 2. The molecule has 0 aliphatic rings. The molecular weight excluding hydrogens is 400 g/mol. The fourth-order valence-electron chi connectivity index (χ4n) is 3.24. The summed E-state index contributed by atoms with van der Waals surface area (Å²) in [5.41, 5.74) is 7.51. The first-order chi connectivity index (χ1) is 14.7. The Hall–Kier alpha value is -3.91. The molecule has 0 bridgehead atoms. The summed E-state index contributed by atoms with van der Waals surface area (Å²) in [5.74, 6) is -0.260. The largest absolute Gasteiger partial charge is 0.448 e. The van der Waals surface area contributed by atoms with Crippen LogP contribution in [0.5, 0.6) is 0 Å². The van der Waals surface area contributed by atoms with Crippen molar-refractivity contribution >= 4 is 44.3 Å². The third-order valence-corrected chi connectivity index (χ3v) is 5.73. The molecule has 0 saturated carbocycles. The standard InChI is InChI=1S/C22H16N4O3S/c27-20(11-13-12-23-15-6-2-1-5-14(13)15)25-26-21(28)17-9-10-18(29-17)22-24-16-7-3-4-8-19(16)30-22/h1-10,12,23H,11H2,(H,25,27)(H,26,28). The summed E-state index contributed by atoms with van der Waals surface area (Å²) >= 11 is 1.49. The number of para-hydroxylation sites is 2. The summed E-state index contributed by atoms with van der Waals surface area (Å²) in [6, 6.07) is 18.8. The lowest BCUT2D eigenvalue weighted by Crippen LogP contribution is -2.42. The van der Waals surface area contributed by atoms with Gasteiger partial charge in [-0.1, -0.05) is 30.3 Å². The van der Waals surface area contributed by atoms with E-state index in [1.165, 1.54) is 11.3 Å². The molecule has 3 aromatic heterocycles. The first kappa shape index (κ1) is 18.1. The zero-order valence-corrected chi connectivity index (χ0v) is 16.5. The van der Waals surface area contributed by atoms with E-state index in [9.17, 15) is 9.59 Å². The number of furan rings is 1. The molecule has 3 N–H and O–H groups in total. The number of thiazole rings is 1. The van der Waals surface area contributed by atoms with Gasteiger partial charge in [-0.25, -0.2) is 4.98 Å². The Morgan fingerprint density at radius 3 is 2.73 bits per heavy atom. The topological polar surface area (TPSA) is 100 Å². The molecule has 30 heavy (non-hydrogen) atoms. The van der Waals surface area contributed by atoms with Gasteiger partial charge >= 0.3 is 5.91 Å². The maximum absolute atomic E-state index is 12.3. The highest BCUT2D eigenvalue weighted by atomic mass is 32.1. The number of fused-ring (bicyclic) bond motifs is 2. The van der Waals surface area contributed by atoms with Gasteiger partial charge in [-0.05, 0) is 35.9 Å². The highest BCUT2D eigenvalue weighted by Crippen LogP contribution is 2.31. The van der Waals surface area contributed by atoms with Crippen LogP contribution in [-0.4, -0.2) is 21.8 Å². The summed E-state index contributed by atoms with van der Waals surface area (Å²) in [6.07, 6.45) is 1.93. The highest BCUT2D eigenvalue weighted by Gasteiger charge is 2.16. The van der Waals surface area contributed by atoms with Gasteiger partial charge in [-0.3, -0.25) is 20.4 Å². The van der Waals surface area contributed by atoms with Crippen LogP contribution in [0.25, 0.3) is 31.9 Å². The Kier molecular flexibility index (Phi) is 4.53. The van der Waals surface area contributed by atoms with Crippen LogP contribution >= 0.6 is 11.3 Å². The van der Waals surface area contributed by atoms with Gasteiger partial charge in [0.05, 0.1) is 16.6 Å². The quantitative estimate of drug-likeness (QED) is 0.385. The van der Waals surface area contributed by atoms with E-state index in [0.717, 1.165) is 26.7 Å². The Bertz CT molecular complexity index is 1350. The smallest absolute Gasteiger partial charge is 0.305 e. The Labute approximate surface area is 174 Å². The molecule has 0 saturated heterocycles. The number of amides is 2. The van der Waals surface area contributed by atoms with Crippen molar-refractivity contribution in [1.82, 2.24) is 20.8 Å². The molecule has 7 nitrogen and oxygen atoms in total. The van der Waals surface area contributed by atoms with Crippen molar-refractivity contribution in [3.05, 3.63) is 78.2 Å². The maximum atomic E-state index is 12.3. The van der Waals surface area contributed by atoms with Gasteiger partial charge in [0.15, 0.2) is 16.5 Å². The van der Waals surface area contributed by atoms with Gasteiger partial charge in [0.25, 0.3) is 0 Å². The molecule has 0 atom stereocenters. The lowest BCUT2D eigenvalue weighted by molar-refractivity contribution is -0.121. The molecule has 0 aliphatic heterocycles. The monoisotopic (exact) mass is 416 g/mol. The molecule has 0 fully saturated rings. The molecule has 0 aliphatic carbocycles. The molecule has 3 heterocycles. The van der Waals surface area contributed by atoms with Crippen molar-refractivity contribution in [1.29, 1.82) is 0 Å². The second-order valence-electron chi connectivity index (χ2n) is 6.69. The van der Waals surface area contributed by atoms with E-state index in [0.29, 0.717) is 10.8 Å². The summed E-state index contributed by atoms with van der Waals surface area (Å²) in [4.78, 5) is 32.2. The predicted molar refractivity (Wildman–Crippen MR) is 115 cm³/mol. The molecule has 2 aromatic carbocycles. The number of hydrogen-bond donors (Lipinski definition) is 3. The highest BCUT2D eigenvalue weighted by molar-refractivity contribution is 7.21. The van der Waals surface area contributed by atoms with Crippen molar-refractivity contribution < 1.29 is 14.0 Å². The third kappa shape index (κ3) is 3.44. The van der Waals surface area contributed by atoms with E-state index in [-0.39, 0.29) is 18.1 Å². The van der Waals surface area contributed by atoms with Crippen LogP contribution in [0.4, 0.5) is 0 Å². The number of nitrogens with zero attached hydrogens (tertiary/aromatic N) is 1. The number of H-pyrrole nitrogens is 1. The van der Waals surface area contributed by atoms with E-state index in [4.69, 9.17) is 4.42 Å². The fraction of sp³-hybridized carbons (Fsp3) is 0.0455. The number of hydrogen-bond acceptors (Lipinski definition) is 5. The Morgan fingerprint density at radius 1 is 1.00 bits per heavy atom. The minimum atomic E-state index is -0.533. The van der Waals surface area contributed by atoms with Crippen LogP contribution in [0.2, 0.25) is 0 Å². The van der Waals surface area contributed by atoms with Crippen LogP contribution in [0.3, 0.4) is 0 Å². The van der Waals surface area contributed by atoms with Gasteiger partial charge in [0.1, 0.15) is 0 Å². The maximum Gasteiger partial charge on any atom is 0.305 e. The molecule has 0 radical (unpaired) electrons. The van der Waals surface area contributed by atoms with Gasteiger partial charge in [0.2, 0.25) is 5.91 Å². The molecule has 8 heteroatoms. The van der Waals surface area contributed by atoms with E-state index in [1.54, 1.807) is 18.3 Å². The van der Waals surface area contributed by atoms with Gasteiger partial charge < -0.3 is 9.40 Å². The minimum Gasteiger partial charge on any atom is -0.448 e. The zero-order valence-electron chi connectivity index (χ0n) is 15.6. The summed E-state index contributed by atoms with van der Waals surface area (Å²) in [6.45, 7) is 0. The fourth-order valence-corrected chi connectivity index (χ4v) is 4.16. The van der Waals surface area contributed by atoms with E-state index in [1.807, 2.05) is 48.5 Å². The first-order valence-electron chi connectivity index (χ1n) is 9.27. The molecule has 148 valence electrons. The normalized spacial score (nSPS) is 11.1. The third-order valence-electron chi connectivity index (χ3n) is 4.68. The van der Waals surface area contributed by atoms with Gasteiger partial charge in [-0.15, -0.1) is 11.3 Å². The van der Waals surface area contributed by atoms with Crippen molar-refractivity contribution in [2.75, 3.05) is 0 Å². The average Bonchev–Trinajstić information content (AvgIpc) is 3.50. The SMILES string of the molecule is O=C(Cc1c[nH]c2ccccc12)NNC(=O)c1ccc(-c2nc3ccccc3s2)o1. The number of carbonyl (C=O) groups excluding carboxylic acids is 2. The molecule has 0 unspecified atom stereocenters. The Balaban J connectivity index is 1.23. The van der Waals surface area contributed by atoms with Crippen LogP contribution in [-0.2, 0) is 11.2 Å². The molecule has 0 spiro atoms. The first-order valence-corrected chi connectivity index (χ1v) is 10.1. The van der Waals surface area contributed by atoms with Crippen LogP contribution in [0, 0.1) is 0 Å². The van der Waals surface area contributed by atoms with Gasteiger partial charge in [-0.2, -0.15) is 0 Å². The number of nitrogens with one attached hydrogen (secondary N) is 3. The van der Waals surface area contributed by atoms with Crippen LogP contribution < -0.4 is 10.9 Å². The van der Waals surface area contributed by atoms with Gasteiger partial charge in [0, 0.05) is 17.1 Å². The van der Waals surface area contributed by atoms with E-state index < -0.39 is 5.91 Å². The summed E-state index contributed by atoms with van der Waals surface area (Å²) in [7, 11) is 0. The number of rotatable bonds is 4. The van der Waals surface area contributed by atoms with Crippen molar-refractivity contribution in [2.45, 2.75) is 6.42 Å². The van der Waals surface area contributed by atoms with Crippen molar-refractivity contribution in [3.8, 4) is 10.8 Å². The lowest BCUT2D eigenvalue weighted by atomic mass is 10.1. The van der Waals surface area contributed by atoms with E-state index >= 15 is 0 Å². The summed E-state index contributed by atoms with van der Waals surface area (Å²) in [5, 5.41) is 1.67. The second kappa shape index (κ2) is 7.49. The molecular formula is C22H16N4O3S. The van der Waals surface area contributed by atoms with E-state index in [2.05, 4.69) is 20.8 Å². The summed E-state index contributed by atoms with van der Waals surface area (Å²) < 4.78 is 6.68. The minimum absolute atomic E-state index is 0.0941. The van der Waals surface area contributed by atoms with Crippen LogP contribution in [0.1, 0.15) is 16.1 Å². The molecule has 5 rings (SSSR count). The predicted octanol–water partition coefficient (Wildman–Crippen LogP) is 4.04. The van der Waals surface area contributed by atoms with Crippen LogP contribution in [0.15, 0.2) is 71.3 Å². The average molecular weight is 416 g/mol. The number of hydrazine groups is 1. The zero-order chi connectivity index (χ0) is 20.5. The van der Waals surface area contributed by atoms with Crippen molar-refractivity contribution in [3.63, 3.8) is 0 Å². The number of aromatic amines is 1. The number of aromatic nitrogens is 2. The Morgan fingerprint density at radius 2 is 1.83 bits per heavy atom. The second-order valence-corrected chi connectivity index (χ2v) is 7.72.